The lowest BCUT2D eigenvalue weighted by Crippen LogP contribution is -2.25. The smallest absolute Gasteiger partial charge is 0.242 e. The second-order valence-electron chi connectivity index (χ2n) is 6.46. The van der Waals surface area contributed by atoms with Gasteiger partial charge in [0, 0.05) is 26.3 Å². The van der Waals surface area contributed by atoms with E-state index in [0.29, 0.717) is 10.8 Å². The normalized spacial score (nSPS) is 14.3. The van der Waals surface area contributed by atoms with Gasteiger partial charge in [-0.15, -0.1) is 0 Å². The van der Waals surface area contributed by atoms with Crippen molar-refractivity contribution < 1.29 is 8.42 Å². The Kier molecular flexibility index (Phi) is 5.21. The Hall–Kier alpha value is -1.07. The summed E-state index contributed by atoms with van der Waals surface area (Å²) in [5, 5.41) is 3.35. The Morgan fingerprint density at radius 1 is 1.15 bits per heavy atom. The van der Waals surface area contributed by atoms with Gasteiger partial charge in [0.1, 0.15) is 0 Å². The van der Waals surface area contributed by atoms with E-state index in [2.05, 4.69) is 33.0 Å². The highest BCUT2D eigenvalue weighted by Crippen LogP contribution is 2.25. The molecule has 0 heterocycles. The summed E-state index contributed by atoms with van der Waals surface area (Å²) in [6, 6.07) is 6.90. The number of rotatable bonds is 5. The van der Waals surface area contributed by atoms with Gasteiger partial charge in [-0.3, -0.25) is 0 Å². The number of hydrogen-bond donors (Lipinski definition) is 1. The zero-order chi connectivity index (χ0) is 15.6. The van der Waals surface area contributed by atoms with E-state index in [1.165, 1.54) is 18.4 Å². The molecule has 0 saturated carbocycles. The zero-order valence-corrected chi connectivity index (χ0v) is 14.1. The number of hydrogen-bond acceptors (Lipinski definition) is 3. The van der Waals surface area contributed by atoms with E-state index in [4.69, 9.17) is 0 Å². The Balaban J connectivity index is 2.74. The van der Waals surface area contributed by atoms with Crippen molar-refractivity contribution >= 4 is 15.7 Å². The van der Waals surface area contributed by atoms with Gasteiger partial charge < -0.3 is 5.32 Å². The number of nitrogens with one attached hydrogen (secondary N) is 1. The van der Waals surface area contributed by atoms with Crippen LogP contribution in [0, 0.1) is 11.3 Å². The molecule has 1 aromatic rings. The molecule has 0 saturated heterocycles. The maximum atomic E-state index is 11.9. The lowest BCUT2D eigenvalue weighted by Gasteiger charge is -2.27. The van der Waals surface area contributed by atoms with Crippen LogP contribution in [0.25, 0.3) is 0 Å². The maximum Gasteiger partial charge on any atom is 0.242 e. The van der Waals surface area contributed by atoms with E-state index in [0.717, 1.165) is 12.2 Å². The highest BCUT2D eigenvalue weighted by atomic mass is 32.2. The molecule has 20 heavy (non-hydrogen) atoms. The molecular weight excluding hydrogens is 272 g/mol. The molecule has 1 atom stereocenters. The maximum absolute atomic E-state index is 11.9. The summed E-state index contributed by atoms with van der Waals surface area (Å²) in [6.07, 6.45) is 0. The third-order valence-electron chi connectivity index (χ3n) is 3.72. The van der Waals surface area contributed by atoms with Gasteiger partial charge in [0.05, 0.1) is 4.90 Å². The van der Waals surface area contributed by atoms with Gasteiger partial charge in [-0.05, 0) is 35.6 Å². The van der Waals surface area contributed by atoms with Crippen molar-refractivity contribution in [3.05, 3.63) is 24.3 Å². The number of benzene rings is 1. The van der Waals surface area contributed by atoms with Crippen LogP contribution >= 0.6 is 0 Å². The molecule has 0 aliphatic carbocycles. The highest BCUT2D eigenvalue weighted by molar-refractivity contribution is 7.89. The Labute approximate surface area is 123 Å². The summed E-state index contributed by atoms with van der Waals surface area (Å²) in [5.74, 6) is 0.521. The van der Waals surface area contributed by atoms with Crippen LogP contribution in [0.3, 0.4) is 0 Å². The summed E-state index contributed by atoms with van der Waals surface area (Å²) >= 11 is 0. The van der Waals surface area contributed by atoms with E-state index in [1.54, 1.807) is 12.1 Å². The van der Waals surface area contributed by atoms with Gasteiger partial charge in [0.2, 0.25) is 10.0 Å². The molecule has 0 aliphatic heterocycles. The molecule has 1 aromatic carbocycles. The molecule has 4 nitrogen and oxygen atoms in total. The van der Waals surface area contributed by atoms with E-state index in [-0.39, 0.29) is 5.41 Å². The lowest BCUT2D eigenvalue weighted by atomic mass is 9.82. The molecule has 1 N–H and O–H groups in total. The largest absolute Gasteiger partial charge is 0.385 e. The van der Waals surface area contributed by atoms with E-state index < -0.39 is 10.0 Å². The van der Waals surface area contributed by atoms with Crippen LogP contribution in [0.15, 0.2) is 29.2 Å². The molecule has 1 unspecified atom stereocenters. The summed E-state index contributed by atoms with van der Waals surface area (Å²) in [4.78, 5) is 0.317. The third-order valence-corrected chi connectivity index (χ3v) is 5.55. The predicted octanol–water partition coefficient (Wildman–Crippen LogP) is 3.03. The average Bonchev–Trinajstić information content (AvgIpc) is 2.35. The van der Waals surface area contributed by atoms with Crippen LogP contribution < -0.4 is 5.32 Å². The summed E-state index contributed by atoms with van der Waals surface area (Å²) < 4.78 is 25.1. The Morgan fingerprint density at radius 3 is 2.05 bits per heavy atom. The molecular formula is C15H26N2O2S. The zero-order valence-electron chi connectivity index (χ0n) is 13.3. The van der Waals surface area contributed by atoms with Gasteiger partial charge in [-0.1, -0.05) is 27.7 Å². The molecule has 0 bridgehead atoms. The van der Waals surface area contributed by atoms with Gasteiger partial charge in [0.15, 0.2) is 0 Å². The molecule has 0 spiro atoms. The fourth-order valence-corrected chi connectivity index (χ4v) is 2.43. The molecule has 114 valence electrons. The molecule has 5 heteroatoms. The van der Waals surface area contributed by atoms with Crippen LogP contribution in [0.2, 0.25) is 0 Å². The first kappa shape index (κ1) is 17.0. The SMILES string of the molecule is CC(CNc1ccc(S(=O)(=O)N(C)C)cc1)C(C)(C)C. The van der Waals surface area contributed by atoms with Crippen LogP contribution in [-0.4, -0.2) is 33.4 Å². The van der Waals surface area contributed by atoms with E-state index in [1.807, 2.05) is 12.1 Å². The first-order chi connectivity index (χ1) is 9.05. The second-order valence-corrected chi connectivity index (χ2v) is 8.61. The lowest BCUT2D eigenvalue weighted by molar-refractivity contribution is 0.274. The van der Waals surface area contributed by atoms with Gasteiger partial charge in [0.25, 0.3) is 0 Å². The fraction of sp³-hybridized carbons (Fsp3) is 0.600. The Morgan fingerprint density at radius 2 is 1.65 bits per heavy atom. The molecule has 0 amide bonds. The first-order valence-electron chi connectivity index (χ1n) is 6.81. The second kappa shape index (κ2) is 6.14. The van der Waals surface area contributed by atoms with Gasteiger partial charge in [-0.2, -0.15) is 0 Å². The van der Waals surface area contributed by atoms with Crippen LogP contribution in [0.1, 0.15) is 27.7 Å². The monoisotopic (exact) mass is 298 g/mol. The first-order valence-corrected chi connectivity index (χ1v) is 8.25. The predicted molar refractivity (Wildman–Crippen MR) is 84.4 cm³/mol. The van der Waals surface area contributed by atoms with Crippen molar-refractivity contribution in [2.24, 2.45) is 11.3 Å². The molecule has 0 aromatic heterocycles. The van der Waals surface area contributed by atoms with Crippen LogP contribution in [0.4, 0.5) is 5.69 Å². The van der Waals surface area contributed by atoms with Crippen LogP contribution in [-0.2, 0) is 10.0 Å². The fourth-order valence-electron chi connectivity index (χ4n) is 1.53. The third kappa shape index (κ3) is 4.21. The minimum absolute atomic E-state index is 0.251. The topological polar surface area (TPSA) is 49.4 Å². The minimum Gasteiger partial charge on any atom is -0.385 e. The molecule has 0 radical (unpaired) electrons. The highest BCUT2D eigenvalue weighted by Gasteiger charge is 2.20. The average molecular weight is 298 g/mol. The van der Waals surface area contributed by atoms with Crippen molar-refractivity contribution in [1.29, 1.82) is 0 Å². The van der Waals surface area contributed by atoms with Gasteiger partial charge >= 0.3 is 0 Å². The van der Waals surface area contributed by atoms with E-state index in [9.17, 15) is 8.42 Å². The van der Waals surface area contributed by atoms with Crippen molar-refractivity contribution in [1.82, 2.24) is 4.31 Å². The van der Waals surface area contributed by atoms with E-state index >= 15 is 0 Å². The summed E-state index contributed by atoms with van der Waals surface area (Å²) in [6.45, 7) is 9.71. The summed E-state index contributed by atoms with van der Waals surface area (Å²) in [5.41, 5.74) is 1.19. The minimum atomic E-state index is -3.34. The van der Waals surface area contributed by atoms with Crippen LogP contribution in [0.5, 0.6) is 0 Å². The molecule has 0 aliphatic rings. The number of nitrogens with zero attached hydrogens (tertiary/aromatic N) is 1. The number of sulfonamides is 1. The van der Waals surface area contributed by atoms with Crippen molar-refractivity contribution in [2.45, 2.75) is 32.6 Å². The Bertz CT molecular complexity index is 528. The van der Waals surface area contributed by atoms with Crippen molar-refractivity contribution in [3.8, 4) is 0 Å². The molecule has 0 fully saturated rings. The van der Waals surface area contributed by atoms with Gasteiger partial charge in [-0.25, -0.2) is 12.7 Å². The number of anilines is 1. The summed E-state index contributed by atoms with van der Waals surface area (Å²) in [7, 11) is -0.274. The standard InChI is InChI=1S/C15H26N2O2S/c1-12(15(2,3)4)11-16-13-7-9-14(10-8-13)20(18,19)17(5)6/h7-10,12,16H,11H2,1-6H3. The van der Waals surface area contributed by atoms with Crippen molar-refractivity contribution in [3.63, 3.8) is 0 Å². The molecule has 1 rings (SSSR count). The van der Waals surface area contributed by atoms with Crippen molar-refractivity contribution in [2.75, 3.05) is 26.0 Å². The quantitative estimate of drug-likeness (QED) is 0.909.